The van der Waals surface area contributed by atoms with Crippen LogP contribution in [0.25, 0.3) is 0 Å². The standard InChI is InChI=1S/C9H9NO4/c11-8(12)7(9(13)14)10-6-4-2-1-3-5-6/h1-5,7,10H,(H,11,12)(H,13,14). The lowest BCUT2D eigenvalue weighted by molar-refractivity contribution is -0.148. The normalized spacial score (nSPS) is 9.79. The Morgan fingerprint density at radius 1 is 1.07 bits per heavy atom. The number of rotatable bonds is 4. The van der Waals surface area contributed by atoms with Crippen LogP contribution in [-0.4, -0.2) is 28.2 Å². The second-order valence-corrected chi connectivity index (χ2v) is 2.62. The molecule has 0 radical (unpaired) electrons. The van der Waals surface area contributed by atoms with Crippen LogP contribution in [0.3, 0.4) is 0 Å². The summed E-state index contributed by atoms with van der Waals surface area (Å²) < 4.78 is 0. The van der Waals surface area contributed by atoms with Crippen molar-refractivity contribution in [3.63, 3.8) is 0 Å². The van der Waals surface area contributed by atoms with Crippen LogP contribution in [0, 0.1) is 0 Å². The molecule has 0 spiro atoms. The molecule has 5 nitrogen and oxygen atoms in total. The molecule has 0 amide bonds. The van der Waals surface area contributed by atoms with E-state index in [0.717, 1.165) is 0 Å². The van der Waals surface area contributed by atoms with Gasteiger partial charge in [0.15, 0.2) is 0 Å². The number of benzene rings is 1. The first-order valence-corrected chi connectivity index (χ1v) is 3.88. The van der Waals surface area contributed by atoms with Gasteiger partial charge in [0.25, 0.3) is 0 Å². The molecule has 0 saturated heterocycles. The summed E-state index contributed by atoms with van der Waals surface area (Å²) in [5.41, 5.74) is 0.460. The van der Waals surface area contributed by atoms with Gasteiger partial charge in [-0.2, -0.15) is 0 Å². The van der Waals surface area contributed by atoms with Gasteiger partial charge >= 0.3 is 11.9 Å². The van der Waals surface area contributed by atoms with E-state index in [1.807, 2.05) is 0 Å². The largest absolute Gasteiger partial charge is 0.479 e. The average Bonchev–Trinajstić information content (AvgIpc) is 2.15. The number of aliphatic carboxylic acids is 2. The van der Waals surface area contributed by atoms with Crippen molar-refractivity contribution < 1.29 is 19.8 Å². The van der Waals surface area contributed by atoms with Gasteiger partial charge in [-0.3, -0.25) is 0 Å². The fourth-order valence-corrected chi connectivity index (χ4v) is 0.930. The molecule has 74 valence electrons. The highest BCUT2D eigenvalue weighted by molar-refractivity contribution is 6.00. The monoisotopic (exact) mass is 195 g/mol. The van der Waals surface area contributed by atoms with Crippen molar-refractivity contribution in [1.29, 1.82) is 0 Å². The van der Waals surface area contributed by atoms with Gasteiger partial charge in [0, 0.05) is 5.69 Å². The van der Waals surface area contributed by atoms with Gasteiger partial charge in [-0.25, -0.2) is 9.59 Å². The molecule has 0 aliphatic carbocycles. The smallest absolute Gasteiger partial charge is 0.337 e. The first kappa shape index (κ1) is 10.0. The molecule has 1 rings (SSSR count). The predicted molar refractivity (Wildman–Crippen MR) is 49.1 cm³/mol. The van der Waals surface area contributed by atoms with Gasteiger partial charge in [-0.15, -0.1) is 0 Å². The molecule has 0 aromatic heterocycles. The Bertz CT molecular complexity index is 322. The molecule has 0 bridgehead atoms. The maximum atomic E-state index is 10.5. The lowest BCUT2D eigenvalue weighted by Crippen LogP contribution is -2.37. The van der Waals surface area contributed by atoms with Gasteiger partial charge < -0.3 is 15.5 Å². The van der Waals surface area contributed by atoms with E-state index in [9.17, 15) is 9.59 Å². The van der Waals surface area contributed by atoms with Crippen LogP contribution in [-0.2, 0) is 9.59 Å². The summed E-state index contributed by atoms with van der Waals surface area (Å²) in [5.74, 6) is -2.83. The van der Waals surface area contributed by atoms with Crippen molar-refractivity contribution in [2.45, 2.75) is 6.04 Å². The van der Waals surface area contributed by atoms with Crippen LogP contribution < -0.4 is 5.32 Å². The maximum Gasteiger partial charge on any atom is 0.337 e. The van der Waals surface area contributed by atoms with Gasteiger partial charge in [0.1, 0.15) is 0 Å². The molecule has 0 saturated carbocycles. The SMILES string of the molecule is O=C(O)C(Nc1ccccc1)C(=O)O. The van der Waals surface area contributed by atoms with Crippen LogP contribution in [0.5, 0.6) is 0 Å². The average molecular weight is 195 g/mol. The highest BCUT2D eigenvalue weighted by Gasteiger charge is 2.24. The summed E-state index contributed by atoms with van der Waals surface area (Å²) in [6, 6.07) is 6.70. The minimum Gasteiger partial charge on any atom is -0.479 e. The highest BCUT2D eigenvalue weighted by atomic mass is 16.4. The number of anilines is 1. The quantitative estimate of drug-likeness (QED) is 0.613. The van der Waals surface area contributed by atoms with Crippen molar-refractivity contribution in [2.24, 2.45) is 0 Å². The second-order valence-electron chi connectivity index (χ2n) is 2.62. The van der Waals surface area contributed by atoms with Crippen LogP contribution in [0.4, 0.5) is 5.69 Å². The van der Waals surface area contributed by atoms with E-state index in [0.29, 0.717) is 5.69 Å². The third-order valence-electron chi connectivity index (χ3n) is 1.58. The summed E-state index contributed by atoms with van der Waals surface area (Å²) in [4.78, 5) is 21.0. The predicted octanol–water partition coefficient (Wildman–Crippen LogP) is 0.636. The zero-order valence-corrected chi connectivity index (χ0v) is 7.18. The van der Waals surface area contributed by atoms with E-state index in [2.05, 4.69) is 5.32 Å². The minimum atomic E-state index is -1.61. The Morgan fingerprint density at radius 2 is 1.57 bits per heavy atom. The molecule has 0 atom stereocenters. The first-order valence-electron chi connectivity index (χ1n) is 3.88. The number of carbonyl (C=O) groups is 2. The van der Waals surface area contributed by atoms with Gasteiger partial charge in [0.2, 0.25) is 6.04 Å². The molecule has 3 N–H and O–H groups in total. The molecule has 0 aliphatic rings. The van der Waals surface area contributed by atoms with Crippen LogP contribution >= 0.6 is 0 Å². The number of hydrogen-bond donors (Lipinski definition) is 3. The lowest BCUT2D eigenvalue weighted by atomic mass is 10.2. The Kier molecular flexibility index (Phi) is 3.06. The van der Waals surface area contributed by atoms with Crippen LogP contribution in [0.15, 0.2) is 30.3 Å². The van der Waals surface area contributed by atoms with E-state index >= 15 is 0 Å². The van der Waals surface area contributed by atoms with E-state index in [-0.39, 0.29) is 0 Å². The summed E-state index contributed by atoms with van der Waals surface area (Å²) in [6.45, 7) is 0. The van der Waals surface area contributed by atoms with Crippen molar-refractivity contribution in [3.8, 4) is 0 Å². The molecule has 5 heteroatoms. The molecule has 0 aliphatic heterocycles. The van der Waals surface area contributed by atoms with E-state index in [1.54, 1.807) is 30.3 Å². The molecule has 14 heavy (non-hydrogen) atoms. The zero-order valence-electron chi connectivity index (χ0n) is 7.18. The van der Waals surface area contributed by atoms with Crippen molar-refractivity contribution in [2.75, 3.05) is 5.32 Å². The van der Waals surface area contributed by atoms with Gasteiger partial charge in [-0.05, 0) is 12.1 Å². The molecule has 1 aromatic carbocycles. The van der Waals surface area contributed by atoms with E-state index in [1.165, 1.54) is 0 Å². The Labute approximate surface area is 80.0 Å². The van der Waals surface area contributed by atoms with Crippen molar-refractivity contribution in [3.05, 3.63) is 30.3 Å². The van der Waals surface area contributed by atoms with Crippen molar-refractivity contribution in [1.82, 2.24) is 0 Å². The van der Waals surface area contributed by atoms with Crippen molar-refractivity contribution >= 4 is 17.6 Å². The van der Waals surface area contributed by atoms with Gasteiger partial charge in [-0.1, -0.05) is 18.2 Å². The number of hydrogen-bond acceptors (Lipinski definition) is 3. The minimum absolute atomic E-state index is 0.460. The number of carboxylic acids is 2. The fourth-order valence-electron chi connectivity index (χ4n) is 0.930. The molecule has 0 heterocycles. The molecule has 0 fully saturated rings. The Hall–Kier alpha value is -2.04. The van der Waals surface area contributed by atoms with Crippen LogP contribution in [0.1, 0.15) is 0 Å². The lowest BCUT2D eigenvalue weighted by Gasteiger charge is -2.10. The molecular weight excluding hydrogens is 186 g/mol. The second kappa shape index (κ2) is 4.27. The first-order chi connectivity index (χ1) is 6.61. The number of nitrogens with one attached hydrogen (secondary N) is 1. The van der Waals surface area contributed by atoms with E-state index < -0.39 is 18.0 Å². The molecule has 1 aromatic rings. The fraction of sp³-hybridized carbons (Fsp3) is 0.111. The Morgan fingerprint density at radius 3 is 2.00 bits per heavy atom. The maximum absolute atomic E-state index is 10.5. The number of carboxylic acid groups (broad SMARTS) is 2. The van der Waals surface area contributed by atoms with Gasteiger partial charge in [0.05, 0.1) is 0 Å². The Balaban J connectivity index is 2.75. The molecule has 0 unspecified atom stereocenters. The zero-order chi connectivity index (χ0) is 10.6. The third kappa shape index (κ3) is 2.48. The molecular formula is C9H9NO4. The summed E-state index contributed by atoms with van der Waals surface area (Å²) in [6.07, 6.45) is 0. The van der Waals surface area contributed by atoms with E-state index in [4.69, 9.17) is 10.2 Å². The summed E-state index contributed by atoms with van der Waals surface area (Å²) in [7, 11) is 0. The summed E-state index contributed by atoms with van der Waals surface area (Å²) >= 11 is 0. The highest BCUT2D eigenvalue weighted by Crippen LogP contribution is 2.07. The topological polar surface area (TPSA) is 86.6 Å². The number of para-hydroxylation sites is 1. The van der Waals surface area contributed by atoms with Crippen LogP contribution in [0.2, 0.25) is 0 Å². The third-order valence-corrected chi connectivity index (χ3v) is 1.58. The summed E-state index contributed by atoms with van der Waals surface area (Å²) in [5, 5.41) is 19.5.